The molecule has 1 saturated heterocycles. The Balaban J connectivity index is 1.52. The highest BCUT2D eigenvalue weighted by atomic mass is 79.9. The molecule has 30 heavy (non-hydrogen) atoms. The minimum Gasteiger partial charge on any atom is -0.457 e. The number of rotatable bonds is 6. The Morgan fingerprint density at radius 2 is 1.70 bits per heavy atom. The van der Waals surface area contributed by atoms with E-state index in [2.05, 4.69) is 40.0 Å². The van der Waals surface area contributed by atoms with Crippen molar-refractivity contribution in [3.8, 4) is 11.5 Å². The lowest BCUT2D eigenvalue weighted by Crippen LogP contribution is -2.44. The van der Waals surface area contributed by atoms with Crippen molar-refractivity contribution >= 4 is 22.0 Å². The molecule has 1 aliphatic rings. The van der Waals surface area contributed by atoms with Gasteiger partial charge in [-0.2, -0.15) is 0 Å². The summed E-state index contributed by atoms with van der Waals surface area (Å²) in [6, 6.07) is 16.2. The zero-order valence-corrected chi connectivity index (χ0v) is 19.8. The summed E-state index contributed by atoms with van der Waals surface area (Å²) in [4.78, 5) is 16.6. The molecule has 0 bridgehead atoms. The van der Waals surface area contributed by atoms with Gasteiger partial charge in [0, 0.05) is 30.1 Å². The van der Waals surface area contributed by atoms with Gasteiger partial charge in [0.15, 0.2) is 0 Å². The number of likely N-dealkylation sites (tertiary alicyclic amines) is 1. The summed E-state index contributed by atoms with van der Waals surface area (Å²) in [5.74, 6) is 1.63. The first kappa shape index (κ1) is 22.6. The molecule has 1 aliphatic heterocycles. The van der Waals surface area contributed by atoms with Gasteiger partial charge in [0.05, 0.1) is 0 Å². The average molecular weight is 475 g/mol. The predicted molar refractivity (Wildman–Crippen MR) is 123 cm³/mol. The lowest BCUT2D eigenvalue weighted by atomic mass is 10.1. The van der Waals surface area contributed by atoms with E-state index in [1.807, 2.05) is 62.1 Å². The van der Waals surface area contributed by atoms with Gasteiger partial charge in [0.25, 0.3) is 0 Å². The molecule has 1 atom stereocenters. The van der Waals surface area contributed by atoms with E-state index in [0.29, 0.717) is 0 Å². The smallest absolute Gasteiger partial charge is 0.410 e. The molecule has 6 heteroatoms. The number of carbonyl (C=O) groups excluding carboxylic acids is 1. The number of likely N-dealkylation sites (N-methyl/N-ethyl adjacent to an activating group) is 1. The normalized spacial score (nSPS) is 16.7. The minimum absolute atomic E-state index is 0.199. The van der Waals surface area contributed by atoms with Crippen molar-refractivity contribution in [2.45, 2.75) is 51.8 Å². The van der Waals surface area contributed by atoms with Crippen molar-refractivity contribution in [2.24, 2.45) is 0 Å². The van der Waals surface area contributed by atoms with Gasteiger partial charge in [-0.15, -0.1) is 0 Å². The SMILES string of the molecule is CN(Cc1ccc(Oc2ccc(Br)cc2)cc1)C[C@H]1CCCN1C(=O)OC(C)(C)C. The van der Waals surface area contributed by atoms with Crippen molar-refractivity contribution < 1.29 is 14.3 Å². The summed E-state index contributed by atoms with van der Waals surface area (Å²) in [6.45, 7) is 8.15. The molecule has 2 aromatic carbocycles. The first-order valence-electron chi connectivity index (χ1n) is 10.4. The topological polar surface area (TPSA) is 42.0 Å². The fraction of sp³-hybridized carbons (Fsp3) is 0.458. The summed E-state index contributed by atoms with van der Waals surface area (Å²) in [6.07, 6.45) is 1.84. The van der Waals surface area contributed by atoms with Crippen LogP contribution in [-0.4, -0.2) is 47.7 Å². The quantitative estimate of drug-likeness (QED) is 0.509. The van der Waals surface area contributed by atoms with Crippen LogP contribution in [0.25, 0.3) is 0 Å². The molecule has 0 radical (unpaired) electrons. The molecule has 1 fully saturated rings. The summed E-state index contributed by atoms with van der Waals surface area (Å²) in [5.41, 5.74) is 0.749. The van der Waals surface area contributed by atoms with Gasteiger partial charge in [0.2, 0.25) is 0 Å². The minimum atomic E-state index is -0.462. The third-order valence-corrected chi connectivity index (χ3v) is 5.48. The molecule has 1 amide bonds. The number of nitrogens with zero attached hydrogens (tertiary/aromatic N) is 2. The molecule has 162 valence electrons. The van der Waals surface area contributed by atoms with E-state index in [9.17, 15) is 4.79 Å². The molecular formula is C24H31BrN2O3. The third-order valence-electron chi connectivity index (χ3n) is 4.95. The van der Waals surface area contributed by atoms with Crippen LogP contribution in [0.5, 0.6) is 11.5 Å². The Hall–Kier alpha value is -2.05. The highest BCUT2D eigenvalue weighted by Gasteiger charge is 2.32. The van der Waals surface area contributed by atoms with Gasteiger partial charge in [-0.1, -0.05) is 28.1 Å². The van der Waals surface area contributed by atoms with Crippen LogP contribution in [-0.2, 0) is 11.3 Å². The van der Waals surface area contributed by atoms with Gasteiger partial charge in [-0.25, -0.2) is 4.79 Å². The van der Waals surface area contributed by atoms with Crippen molar-refractivity contribution in [2.75, 3.05) is 20.1 Å². The van der Waals surface area contributed by atoms with E-state index in [0.717, 1.165) is 48.4 Å². The highest BCUT2D eigenvalue weighted by Crippen LogP contribution is 2.25. The van der Waals surface area contributed by atoms with Crippen LogP contribution >= 0.6 is 15.9 Å². The van der Waals surface area contributed by atoms with E-state index >= 15 is 0 Å². The van der Waals surface area contributed by atoms with Crippen LogP contribution in [0.2, 0.25) is 0 Å². The zero-order chi connectivity index (χ0) is 21.7. The highest BCUT2D eigenvalue weighted by molar-refractivity contribution is 9.10. The number of halogens is 1. The third kappa shape index (κ3) is 6.74. The standard InChI is InChI=1S/C24H31BrN2O3/c1-24(2,3)30-23(28)27-15-5-6-20(27)17-26(4)16-18-7-11-21(12-8-18)29-22-13-9-19(25)10-14-22/h7-14,20H,5-6,15-17H2,1-4H3/t20-/m1/s1. The summed E-state index contributed by atoms with van der Waals surface area (Å²) in [5, 5.41) is 0. The number of hydrogen-bond donors (Lipinski definition) is 0. The average Bonchev–Trinajstić information content (AvgIpc) is 3.12. The Morgan fingerprint density at radius 3 is 2.30 bits per heavy atom. The molecule has 0 saturated carbocycles. The summed E-state index contributed by atoms with van der Waals surface area (Å²) >= 11 is 3.43. The van der Waals surface area contributed by atoms with Crippen LogP contribution in [0.1, 0.15) is 39.2 Å². The number of ether oxygens (including phenoxy) is 2. The molecule has 0 N–H and O–H groups in total. The number of amides is 1. The van der Waals surface area contributed by atoms with E-state index in [1.54, 1.807) is 0 Å². The first-order chi connectivity index (χ1) is 14.2. The monoisotopic (exact) mass is 474 g/mol. The largest absolute Gasteiger partial charge is 0.457 e. The molecule has 0 unspecified atom stereocenters. The van der Waals surface area contributed by atoms with E-state index in [4.69, 9.17) is 9.47 Å². The van der Waals surface area contributed by atoms with E-state index in [-0.39, 0.29) is 12.1 Å². The van der Waals surface area contributed by atoms with Gasteiger partial charge in [-0.3, -0.25) is 0 Å². The van der Waals surface area contributed by atoms with Crippen molar-refractivity contribution in [1.82, 2.24) is 9.80 Å². The Labute approximate surface area is 188 Å². The van der Waals surface area contributed by atoms with Crippen LogP contribution in [0.15, 0.2) is 53.0 Å². The van der Waals surface area contributed by atoms with Gasteiger partial charge in [-0.05, 0) is 82.6 Å². The molecule has 3 rings (SSSR count). The Kier molecular flexibility index (Phi) is 7.42. The molecule has 5 nitrogen and oxygen atoms in total. The fourth-order valence-corrected chi connectivity index (χ4v) is 3.89. The molecule has 0 spiro atoms. The zero-order valence-electron chi connectivity index (χ0n) is 18.2. The predicted octanol–water partition coefficient (Wildman–Crippen LogP) is 6.07. The number of hydrogen-bond acceptors (Lipinski definition) is 4. The fourth-order valence-electron chi connectivity index (χ4n) is 3.62. The van der Waals surface area contributed by atoms with Crippen molar-refractivity contribution in [3.05, 3.63) is 58.6 Å². The molecule has 0 aromatic heterocycles. The molecule has 1 heterocycles. The second-order valence-corrected chi connectivity index (χ2v) is 9.78. The van der Waals surface area contributed by atoms with Crippen LogP contribution in [0, 0.1) is 0 Å². The van der Waals surface area contributed by atoms with E-state index in [1.165, 1.54) is 5.56 Å². The number of benzene rings is 2. The molecule has 2 aromatic rings. The Morgan fingerprint density at radius 1 is 1.10 bits per heavy atom. The lowest BCUT2D eigenvalue weighted by Gasteiger charge is -2.31. The van der Waals surface area contributed by atoms with Crippen molar-refractivity contribution in [1.29, 1.82) is 0 Å². The van der Waals surface area contributed by atoms with Crippen LogP contribution < -0.4 is 4.74 Å². The Bertz CT molecular complexity index is 831. The van der Waals surface area contributed by atoms with Crippen molar-refractivity contribution in [3.63, 3.8) is 0 Å². The second kappa shape index (κ2) is 9.84. The second-order valence-electron chi connectivity index (χ2n) is 8.87. The number of carbonyl (C=O) groups is 1. The van der Waals surface area contributed by atoms with Crippen LogP contribution in [0.3, 0.4) is 0 Å². The van der Waals surface area contributed by atoms with Crippen LogP contribution in [0.4, 0.5) is 4.79 Å². The van der Waals surface area contributed by atoms with Gasteiger partial charge in [0.1, 0.15) is 17.1 Å². The maximum atomic E-state index is 12.5. The summed E-state index contributed by atoms with van der Waals surface area (Å²) in [7, 11) is 2.10. The van der Waals surface area contributed by atoms with Gasteiger partial charge < -0.3 is 19.3 Å². The van der Waals surface area contributed by atoms with Gasteiger partial charge >= 0.3 is 6.09 Å². The molecule has 0 aliphatic carbocycles. The molecular weight excluding hydrogens is 444 g/mol. The first-order valence-corrected chi connectivity index (χ1v) is 11.2. The summed E-state index contributed by atoms with van der Waals surface area (Å²) < 4.78 is 12.5. The maximum Gasteiger partial charge on any atom is 0.410 e. The lowest BCUT2D eigenvalue weighted by molar-refractivity contribution is 0.0201. The maximum absolute atomic E-state index is 12.5. The van der Waals surface area contributed by atoms with E-state index < -0.39 is 5.60 Å².